The highest BCUT2D eigenvalue weighted by Gasteiger charge is 2.38. The molecule has 0 bridgehead atoms. The second-order valence-corrected chi connectivity index (χ2v) is 5.19. The van der Waals surface area contributed by atoms with Gasteiger partial charge in [0.1, 0.15) is 6.33 Å². The van der Waals surface area contributed by atoms with E-state index in [0.29, 0.717) is 6.54 Å². The predicted octanol–water partition coefficient (Wildman–Crippen LogP) is 1.26. The highest BCUT2D eigenvalue weighted by molar-refractivity contribution is 5.83. The first kappa shape index (κ1) is 13.9. The summed E-state index contributed by atoms with van der Waals surface area (Å²) in [6.45, 7) is 4.42. The van der Waals surface area contributed by atoms with Gasteiger partial charge in [-0.15, -0.1) is 0 Å². The molecule has 19 heavy (non-hydrogen) atoms. The number of nitrogens with zero attached hydrogens (tertiary/aromatic N) is 2. The average Bonchev–Trinajstić information content (AvgIpc) is 2.47. The maximum atomic E-state index is 12.5. The van der Waals surface area contributed by atoms with Gasteiger partial charge in [0.15, 0.2) is 0 Å². The van der Waals surface area contributed by atoms with Gasteiger partial charge in [0, 0.05) is 12.7 Å². The minimum atomic E-state index is -0.236. The Bertz CT molecular complexity index is 396. The van der Waals surface area contributed by atoms with Crippen molar-refractivity contribution in [2.75, 3.05) is 13.1 Å². The lowest BCUT2D eigenvalue weighted by Gasteiger charge is -2.36. The number of aromatic nitrogens is 2. The molecular weight excluding hydrogens is 240 g/mol. The van der Waals surface area contributed by atoms with Crippen molar-refractivity contribution < 1.29 is 4.79 Å². The zero-order valence-corrected chi connectivity index (χ0v) is 11.5. The van der Waals surface area contributed by atoms with Crippen molar-refractivity contribution in [3.63, 3.8) is 0 Å². The molecule has 2 rings (SSSR count). The van der Waals surface area contributed by atoms with E-state index in [-0.39, 0.29) is 11.3 Å². The van der Waals surface area contributed by atoms with Gasteiger partial charge >= 0.3 is 0 Å². The Kier molecular flexibility index (Phi) is 4.85. The van der Waals surface area contributed by atoms with Crippen LogP contribution in [0.5, 0.6) is 0 Å². The molecular formula is C14H22N4O. The molecule has 2 N–H and O–H groups in total. The van der Waals surface area contributed by atoms with Crippen molar-refractivity contribution >= 4 is 5.91 Å². The summed E-state index contributed by atoms with van der Waals surface area (Å²) in [6.07, 6.45) is 7.21. The first-order valence-electron chi connectivity index (χ1n) is 7.01. The molecule has 0 spiro atoms. The van der Waals surface area contributed by atoms with Crippen molar-refractivity contribution in [2.24, 2.45) is 5.41 Å². The number of carbonyl (C=O) groups is 1. The van der Waals surface area contributed by atoms with Crippen LogP contribution in [0.1, 0.15) is 38.3 Å². The van der Waals surface area contributed by atoms with Crippen LogP contribution >= 0.6 is 0 Å². The molecule has 1 atom stereocenters. The second-order valence-electron chi connectivity index (χ2n) is 5.19. The van der Waals surface area contributed by atoms with Gasteiger partial charge in [-0.3, -0.25) is 4.79 Å². The zero-order chi connectivity index (χ0) is 13.6. The van der Waals surface area contributed by atoms with Gasteiger partial charge in [-0.25, -0.2) is 9.97 Å². The second kappa shape index (κ2) is 6.61. The van der Waals surface area contributed by atoms with Gasteiger partial charge in [0.05, 0.1) is 17.7 Å². The Morgan fingerprint density at radius 3 is 3.11 bits per heavy atom. The minimum Gasteiger partial charge on any atom is -0.350 e. The molecule has 1 aliphatic rings. The summed E-state index contributed by atoms with van der Waals surface area (Å²) < 4.78 is 0. The smallest absolute Gasteiger partial charge is 0.227 e. The Hall–Kier alpha value is -1.49. The van der Waals surface area contributed by atoms with E-state index in [1.807, 2.05) is 6.07 Å². The van der Waals surface area contributed by atoms with Crippen LogP contribution in [0.4, 0.5) is 0 Å². The Morgan fingerprint density at radius 1 is 1.58 bits per heavy atom. The third kappa shape index (κ3) is 3.50. The molecule has 0 aliphatic carbocycles. The van der Waals surface area contributed by atoms with Crippen LogP contribution in [-0.4, -0.2) is 29.0 Å². The monoisotopic (exact) mass is 262 g/mol. The molecule has 104 valence electrons. The van der Waals surface area contributed by atoms with Crippen molar-refractivity contribution in [1.82, 2.24) is 20.6 Å². The lowest BCUT2D eigenvalue weighted by Crippen LogP contribution is -2.50. The molecule has 5 nitrogen and oxygen atoms in total. The number of piperidine rings is 1. The van der Waals surface area contributed by atoms with Crippen LogP contribution in [-0.2, 0) is 11.3 Å². The van der Waals surface area contributed by atoms with Gasteiger partial charge in [-0.2, -0.15) is 0 Å². The number of carbonyl (C=O) groups excluding carboxylic acids is 1. The summed E-state index contributed by atoms with van der Waals surface area (Å²) in [6, 6.07) is 1.83. The number of amides is 1. The van der Waals surface area contributed by atoms with Crippen molar-refractivity contribution in [3.8, 4) is 0 Å². The number of hydrogen-bond donors (Lipinski definition) is 2. The quantitative estimate of drug-likeness (QED) is 0.838. The first-order chi connectivity index (χ1) is 9.27. The summed E-state index contributed by atoms with van der Waals surface area (Å²) in [4.78, 5) is 20.5. The molecule has 1 aliphatic heterocycles. The molecule has 1 fully saturated rings. The maximum Gasteiger partial charge on any atom is 0.227 e. The fraction of sp³-hybridized carbons (Fsp3) is 0.643. The summed E-state index contributed by atoms with van der Waals surface area (Å²) in [7, 11) is 0. The van der Waals surface area contributed by atoms with E-state index in [2.05, 4.69) is 27.5 Å². The van der Waals surface area contributed by atoms with Crippen LogP contribution in [0, 0.1) is 5.41 Å². The molecule has 5 heteroatoms. The number of rotatable bonds is 5. The van der Waals surface area contributed by atoms with E-state index < -0.39 is 0 Å². The predicted molar refractivity (Wildman–Crippen MR) is 73.3 cm³/mol. The van der Waals surface area contributed by atoms with Crippen LogP contribution in [0.3, 0.4) is 0 Å². The van der Waals surface area contributed by atoms with Gasteiger partial charge in [0.2, 0.25) is 5.91 Å². The van der Waals surface area contributed by atoms with Crippen LogP contribution in [0.25, 0.3) is 0 Å². The van der Waals surface area contributed by atoms with E-state index in [0.717, 1.165) is 44.5 Å². The first-order valence-corrected chi connectivity index (χ1v) is 7.01. The third-order valence-corrected chi connectivity index (χ3v) is 3.76. The summed E-state index contributed by atoms with van der Waals surface area (Å²) in [5, 5.41) is 6.38. The van der Waals surface area contributed by atoms with Gasteiger partial charge < -0.3 is 10.6 Å². The molecule has 1 unspecified atom stereocenters. The maximum absolute atomic E-state index is 12.5. The zero-order valence-electron chi connectivity index (χ0n) is 11.5. The van der Waals surface area contributed by atoms with E-state index in [1.54, 1.807) is 6.20 Å². The molecule has 1 saturated heterocycles. The van der Waals surface area contributed by atoms with Gasteiger partial charge in [-0.05, 0) is 31.9 Å². The average molecular weight is 262 g/mol. The summed E-state index contributed by atoms with van der Waals surface area (Å²) >= 11 is 0. The fourth-order valence-corrected chi connectivity index (χ4v) is 2.75. The molecule has 2 heterocycles. The minimum absolute atomic E-state index is 0.153. The summed E-state index contributed by atoms with van der Waals surface area (Å²) in [5.41, 5.74) is 0.610. The number of hydrogen-bond acceptors (Lipinski definition) is 4. The van der Waals surface area contributed by atoms with E-state index in [9.17, 15) is 4.79 Å². The van der Waals surface area contributed by atoms with Crippen molar-refractivity contribution in [1.29, 1.82) is 0 Å². The Morgan fingerprint density at radius 2 is 2.47 bits per heavy atom. The van der Waals surface area contributed by atoms with Crippen LogP contribution < -0.4 is 10.6 Å². The lowest BCUT2D eigenvalue weighted by molar-refractivity contribution is -0.132. The molecule has 0 saturated carbocycles. The van der Waals surface area contributed by atoms with E-state index in [1.165, 1.54) is 6.33 Å². The molecule has 0 radical (unpaired) electrons. The molecule has 0 aromatic carbocycles. The van der Waals surface area contributed by atoms with Gasteiger partial charge in [-0.1, -0.05) is 13.3 Å². The van der Waals surface area contributed by atoms with Gasteiger partial charge in [0.25, 0.3) is 0 Å². The van der Waals surface area contributed by atoms with Crippen LogP contribution in [0.15, 0.2) is 18.6 Å². The normalized spacial score (nSPS) is 23.0. The third-order valence-electron chi connectivity index (χ3n) is 3.76. The SMILES string of the molecule is CCCC1(C(=O)NCc2ccncn2)CCCNC1. The van der Waals surface area contributed by atoms with E-state index in [4.69, 9.17) is 0 Å². The lowest BCUT2D eigenvalue weighted by atomic mass is 9.76. The highest BCUT2D eigenvalue weighted by atomic mass is 16.2. The highest BCUT2D eigenvalue weighted by Crippen LogP contribution is 2.31. The van der Waals surface area contributed by atoms with E-state index >= 15 is 0 Å². The fourth-order valence-electron chi connectivity index (χ4n) is 2.75. The molecule has 1 aromatic heterocycles. The van der Waals surface area contributed by atoms with Crippen molar-refractivity contribution in [3.05, 3.63) is 24.3 Å². The largest absolute Gasteiger partial charge is 0.350 e. The van der Waals surface area contributed by atoms with Crippen molar-refractivity contribution in [2.45, 2.75) is 39.2 Å². The topological polar surface area (TPSA) is 66.9 Å². The number of nitrogens with one attached hydrogen (secondary N) is 2. The Balaban J connectivity index is 1.96. The standard InChI is InChI=1S/C14H22N4O/c1-2-5-14(6-3-7-15-10-14)13(19)17-9-12-4-8-16-11-18-12/h4,8,11,15H,2-3,5-7,9-10H2,1H3,(H,17,19). The molecule has 1 aromatic rings. The summed E-state index contributed by atoms with van der Waals surface area (Å²) in [5.74, 6) is 0.153. The Labute approximate surface area is 114 Å². The molecule has 1 amide bonds. The van der Waals surface area contributed by atoms with Crippen LogP contribution in [0.2, 0.25) is 0 Å².